The Bertz CT molecular complexity index is 294. The second kappa shape index (κ2) is 3.85. The van der Waals surface area contributed by atoms with Crippen LogP contribution in [0.5, 0.6) is 0 Å². The third-order valence-corrected chi connectivity index (χ3v) is 2.99. The van der Waals surface area contributed by atoms with Crippen LogP contribution in [-0.4, -0.2) is 25.7 Å². The molecule has 0 aromatic rings. The van der Waals surface area contributed by atoms with E-state index in [4.69, 9.17) is 0 Å². The highest BCUT2D eigenvalue weighted by Crippen LogP contribution is 2.02. The average molecular weight is 190 g/mol. The summed E-state index contributed by atoms with van der Waals surface area (Å²) in [5.74, 6) is -0.350. The molecule has 70 valence electrons. The van der Waals surface area contributed by atoms with E-state index >= 15 is 0 Å². The van der Waals surface area contributed by atoms with E-state index in [0.29, 0.717) is 0 Å². The molecule has 0 aliphatic heterocycles. The van der Waals surface area contributed by atoms with E-state index in [2.05, 4.69) is 0 Å². The van der Waals surface area contributed by atoms with Crippen LogP contribution >= 0.6 is 0 Å². The minimum Gasteiger partial charge on any atom is -0.293 e. The summed E-state index contributed by atoms with van der Waals surface area (Å²) in [6.07, 6.45) is 2.42. The first-order chi connectivity index (χ1) is 5.25. The molecule has 0 aliphatic rings. The summed E-state index contributed by atoms with van der Waals surface area (Å²) < 4.78 is 21.8. The van der Waals surface area contributed by atoms with E-state index in [-0.39, 0.29) is 5.78 Å². The average Bonchev–Trinajstić information content (AvgIpc) is 1.82. The Morgan fingerprint density at radius 3 is 2.00 bits per heavy atom. The lowest BCUT2D eigenvalue weighted by Crippen LogP contribution is -2.24. The lowest BCUT2D eigenvalue weighted by molar-refractivity contribution is -0.114. The summed E-state index contributed by atoms with van der Waals surface area (Å²) in [7, 11) is -3.24. The van der Waals surface area contributed by atoms with Crippen molar-refractivity contribution in [2.45, 2.75) is 26.0 Å². The van der Waals surface area contributed by atoms with Crippen LogP contribution in [0.2, 0.25) is 0 Å². The lowest BCUT2D eigenvalue weighted by Gasteiger charge is -2.04. The summed E-state index contributed by atoms with van der Waals surface area (Å²) in [6.45, 7) is 4.91. The van der Waals surface area contributed by atoms with Crippen molar-refractivity contribution in [3.8, 4) is 0 Å². The molecule has 4 heteroatoms. The van der Waals surface area contributed by atoms with Crippen molar-refractivity contribution in [1.29, 1.82) is 0 Å². The highest BCUT2D eigenvalue weighted by atomic mass is 32.2. The summed E-state index contributed by atoms with van der Waals surface area (Å²) in [5, 5.41) is -0.924. The molecule has 1 unspecified atom stereocenters. The van der Waals surface area contributed by atoms with Crippen molar-refractivity contribution in [1.82, 2.24) is 0 Å². The zero-order valence-electron chi connectivity index (χ0n) is 7.79. The van der Waals surface area contributed by atoms with Crippen molar-refractivity contribution in [3.05, 3.63) is 11.6 Å². The third kappa shape index (κ3) is 3.67. The smallest absolute Gasteiger partial charge is 0.173 e. The second-order valence-corrected chi connectivity index (χ2v) is 5.46. The number of allylic oxidation sites excluding steroid dienone is 2. The molecule has 0 N–H and O–H groups in total. The molecule has 3 nitrogen and oxygen atoms in total. The first-order valence-electron chi connectivity index (χ1n) is 3.62. The normalized spacial score (nSPS) is 13.7. The summed E-state index contributed by atoms with van der Waals surface area (Å²) >= 11 is 0. The molecule has 12 heavy (non-hydrogen) atoms. The first kappa shape index (κ1) is 11.4. The highest BCUT2D eigenvalue weighted by molar-refractivity contribution is 7.92. The van der Waals surface area contributed by atoms with Gasteiger partial charge in [0.1, 0.15) is 5.25 Å². The molecule has 1 atom stereocenters. The van der Waals surface area contributed by atoms with E-state index in [0.717, 1.165) is 11.8 Å². The Morgan fingerprint density at radius 1 is 1.33 bits per heavy atom. The van der Waals surface area contributed by atoms with Gasteiger partial charge in [-0.1, -0.05) is 5.57 Å². The molecule has 0 radical (unpaired) electrons. The molecule has 0 heterocycles. The van der Waals surface area contributed by atoms with Crippen molar-refractivity contribution in [2.24, 2.45) is 0 Å². The molecule has 0 aromatic heterocycles. The Morgan fingerprint density at radius 2 is 1.75 bits per heavy atom. The van der Waals surface area contributed by atoms with E-state index in [1.165, 1.54) is 13.0 Å². The quantitative estimate of drug-likeness (QED) is 0.623. The van der Waals surface area contributed by atoms with E-state index in [1.54, 1.807) is 13.8 Å². The van der Waals surface area contributed by atoms with Crippen LogP contribution in [0, 0.1) is 0 Å². The number of hydrogen-bond donors (Lipinski definition) is 0. The van der Waals surface area contributed by atoms with Crippen LogP contribution in [-0.2, 0) is 14.6 Å². The molecule has 0 saturated heterocycles. The van der Waals surface area contributed by atoms with Gasteiger partial charge in [-0.2, -0.15) is 0 Å². The van der Waals surface area contributed by atoms with Gasteiger partial charge in [-0.05, 0) is 26.8 Å². The van der Waals surface area contributed by atoms with Crippen LogP contribution in [0.15, 0.2) is 11.6 Å². The molecule has 0 amide bonds. The van der Waals surface area contributed by atoms with Crippen molar-refractivity contribution >= 4 is 15.6 Å². The summed E-state index contributed by atoms with van der Waals surface area (Å²) in [6, 6.07) is 0. The topological polar surface area (TPSA) is 51.2 Å². The zero-order valence-corrected chi connectivity index (χ0v) is 8.60. The predicted octanol–water partition coefficient (Wildman–Crippen LogP) is 0.955. The maximum absolute atomic E-state index is 11.1. The van der Waals surface area contributed by atoms with Gasteiger partial charge in [-0.3, -0.25) is 4.79 Å². The number of carbonyl (C=O) groups excluding carboxylic acids is 1. The van der Waals surface area contributed by atoms with E-state index in [9.17, 15) is 13.2 Å². The fourth-order valence-corrected chi connectivity index (χ4v) is 1.10. The van der Waals surface area contributed by atoms with Gasteiger partial charge < -0.3 is 0 Å². The maximum Gasteiger partial charge on any atom is 0.173 e. The molecule has 0 saturated carbocycles. The number of sulfone groups is 1. The fraction of sp³-hybridized carbons (Fsp3) is 0.625. The largest absolute Gasteiger partial charge is 0.293 e. The first-order valence-corrected chi connectivity index (χ1v) is 5.58. The van der Waals surface area contributed by atoms with Gasteiger partial charge in [0.25, 0.3) is 0 Å². The molecule has 0 spiro atoms. The molecule has 0 aromatic carbocycles. The second-order valence-electron chi connectivity index (χ2n) is 3.10. The minimum absolute atomic E-state index is 0.350. The van der Waals surface area contributed by atoms with E-state index in [1.807, 2.05) is 0 Å². The molecule has 0 fully saturated rings. The van der Waals surface area contributed by atoms with Crippen molar-refractivity contribution in [3.63, 3.8) is 0 Å². The fourth-order valence-electron chi connectivity index (χ4n) is 0.613. The molecule has 0 bridgehead atoms. The number of hydrogen-bond acceptors (Lipinski definition) is 3. The van der Waals surface area contributed by atoms with Crippen molar-refractivity contribution < 1.29 is 13.2 Å². The lowest BCUT2D eigenvalue weighted by atomic mass is 10.2. The highest BCUT2D eigenvalue weighted by Gasteiger charge is 2.20. The molecular formula is C8H14O3S. The Kier molecular flexibility index (Phi) is 3.64. The third-order valence-electron chi connectivity index (χ3n) is 1.47. The molecule has 0 aliphatic carbocycles. The van der Waals surface area contributed by atoms with E-state index < -0.39 is 15.1 Å². The number of carbonyl (C=O) groups is 1. The van der Waals surface area contributed by atoms with Crippen LogP contribution in [0.1, 0.15) is 20.8 Å². The van der Waals surface area contributed by atoms with Gasteiger partial charge in [-0.25, -0.2) is 8.42 Å². The number of ketones is 1. The van der Waals surface area contributed by atoms with Gasteiger partial charge in [0.15, 0.2) is 15.6 Å². The molecular weight excluding hydrogens is 176 g/mol. The van der Waals surface area contributed by atoms with Crippen LogP contribution < -0.4 is 0 Å². The SMILES string of the molecule is CC(C)=CC(=O)C(C)S(C)(=O)=O. The Hall–Kier alpha value is -0.640. The van der Waals surface area contributed by atoms with Gasteiger partial charge >= 0.3 is 0 Å². The summed E-state index contributed by atoms with van der Waals surface area (Å²) in [5.41, 5.74) is 0.815. The van der Waals surface area contributed by atoms with Crippen LogP contribution in [0.4, 0.5) is 0 Å². The van der Waals surface area contributed by atoms with Gasteiger partial charge in [-0.15, -0.1) is 0 Å². The monoisotopic (exact) mass is 190 g/mol. The summed E-state index contributed by atoms with van der Waals surface area (Å²) in [4.78, 5) is 11.1. The predicted molar refractivity (Wildman–Crippen MR) is 48.7 cm³/mol. The van der Waals surface area contributed by atoms with Crippen LogP contribution in [0.3, 0.4) is 0 Å². The van der Waals surface area contributed by atoms with Gasteiger partial charge in [0, 0.05) is 6.26 Å². The Labute approximate surface area is 73.4 Å². The van der Waals surface area contributed by atoms with Gasteiger partial charge in [0.2, 0.25) is 0 Å². The van der Waals surface area contributed by atoms with Crippen molar-refractivity contribution in [2.75, 3.05) is 6.26 Å². The number of rotatable bonds is 3. The minimum atomic E-state index is -3.24. The standard InChI is InChI=1S/C8H14O3S/c1-6(2)5-8(9)7(3)12(4,10)11/h5,7H,1-4H3. The Balaban J connectivity index is 4.65. The maximum atomic E-state index is 11.1. The molecule has 0 rings (SSSR count). The van der Waals surface area contributed by atoms with Crippen LogP contribution in [0.25, 0.3) is 0 Å². The van der Waals surface area contributed by atoms with Gasteiger partial charge in [0.05, 0.1) is 0 Å². The zero-order chi connectivity index (χ0) is 9.94.